The van der Waals surface area contributed by atoms with E-state index >= 15 is 0 Å². The molecule has 0 amide bonds. The van der Waals surface area contributed by atoms with Gasteiger partial charge in [-0.15, -0.1) is 16.7 Å². The summed E-state index contributed by atoms with van der Waals surface area (Å²) in [5, 5.41) is 13.2. The summed E-state index contributed by atoms with van der Waals surface area (Å²) in [6, 6.07) is 0. The zero-order valence-electron chi connectivity index (χ0n) is 18.1. The van der Waals surface area contributed by atoms with Gasteiger partial charge in [0.2, 0.25) is 5.89 Å². The Labute approximate surface area is 187 Å². The molecule has 0 saturated carbocycles. The summed E-state index contributed by atoms with van der Waals surface area (Å²) in [4.78, 5) is 23.0. The van der Waals surface area contributed by atoms with Crippen molar-refractivity contribution in [2.45, 2.75) is 64.5 Å². The van der Waals surface area contributed by atoms with Crippen LogP contribution in [0.15, 0.2) is 68.6 Å². The lowest BCUT2D eigenvalue weighted by atomic mass is 10.1. The van der Waals surface area contributed by atoms with Gasteiger partial charge in [-0.25, -0.2) is 9.59 Å². The number of aliphatic carboxylic acids is 1. The van der Waals surface area contributed by atoms with E-state index in [4.69, 9.17) is 25.9 Å². The molecule has 31 heavy (non-hydrogen) atoms. The maximum absolute atomic E-state index is 12.1. The van der Waals surface area contributed by atoms with Crippen LogP contribution in [0.5, 0.6) is 0 Å². The van der Waals surface area contributed by atoms with Crippen LogP contribution in [0.3, 0.4) is 0 Å². The van der Waals surface area contributed by atoms with Crippen molar-refractivity contribution in [3.8, 4) is 0 Å². The van der Waals surface area contributed by atoms with Crippen LogP contribution in [0.4, 0.5) is 0 Å². The van der Waals surface area contributed by atoms with E-state index in [1.165, 1.54) is 17.2 Å². The third kappa shape index (κ3) is 8.45. The number of rotatable bonds is 11. The summed E-state index contributed by atoms with van der Waals surface area (Å²) < 4.78 is 12.0. The molecule has 8 heteroatoms. The van der Waals surface area contributed by atoms with Gasteiger partial charge >= 0.3 is 11.7 Å². The highest BCUT2D eigenvalue weighted by atomic mass is 35.5. The van der Waals surface area contributed by atoms with Gasteiger partial charge in [0.05, 0.1) is 6.54 Å². The van der Waals surface area contributed by atoms with Gasteiger partial charge in [-0.1, -0.05) is 36.0 Å². The number of carboxylic acid groups (broad SMARTS) is 1. The molecule has 0 fully saturated rings. The highest BCUT2D eigenvalue weighted by molar-refractivity contribution is 6.21. The molecule has 1 aromatic heterocycles. The first kappa shape index (κ1) is 24.5. The van der Waals surface area contributed by atoms with Crippen LogP contribution in [0.25, 0.3) is 0 Å². The Morgan fingerprint density at radius 3 is 2.84 bits per heavy atom. The van der Waals surface area contributed by atoms with Crippen molar-refractivity contribution in [1.82, 2.24) is 9.78 Å². The number of ether oxygens (including phenoxy) is 1. The van der Waals surface area contributed by atoms with Gasteiger partial charge in [0.15, 0.2) is 6.10 Å². The van der Waals surface area contributed by atoms with E-state index in [2.05, 4.69) is 5.10 Å². The van der Waals surface area contributed by atoms with Crippen molar-refractivity contribution in [2.24, 2.45) is 0 Å². The van der Waals surface area contributed by atoms with Crippen LogP contribution < -0.4 is 5.76 Å². The predicted octanol–water partition coefficient (Wildman–Crippen LogP) is 4.55. The Kier molecular flexibility index (Phi) is 9.59. The third-order valence-electron chi connectivity index (χ3n) is 4.62. The summed E-state index contributed by atoms with van der Waals surface area (Å²) in [6.45, 7) is 5.59. The highest BCUT2D eigenvalue weighted by Gasteiger charge is 2.13. The molecule has 0 saturated heterocycles. The lowest BCUT2D eigenvalue weighted by molar-refractivity contribution is -0.146. The average molecular weight is 449 g/mol. The van der Waals surface area contributed by atoms with Crippen LogP contribution in [-0.2, 0) is 22.5 Å². The molecule has 1 heterocycles. The molecule has 1 aliphatic rings. The number of aromatic nitrogens is 2. The number of aryl methyl sites for hydroxylation is 1. The first-order chi connectivity index (χ1) is 14.8. The van der Waals surface area contributed by atoms with Gasteiger partial charge < -0.3 is 14.3 Å². The number of halogens is 1. The van der Waals surface area contributed by atoms with Crippen LogP contribution in [0, 0.1) is 0 Å². The van der Waals surface area contributed by atoms with Gasteiger partial charge in [-0.2, -0.15) is 4.68 Å². The molecule has 2 rings (SSSR count). The second-order valence-corrected chi connectivity index (χ2v) is 7.96. The topological polar surface area (TPSA) is 94.6 Å². The predicted molar refractivity (Wildman–Crippen MR) is 120 cm³/mol. The molecule has 1 aromatic rings. The third-order valence-corrected chi connectivity index (χ3v) is 4.77. The quantitative estimate of drug-likeness (QED) is 0.394. The van der Waals surface area contributed by atoms with Crippen molar-refractivity contribution < 1.29 is 19.1 Å². The van der Waals surface area contributed by atoms with E-state index in [-0.39, 0.29) is 5.38 Å². The fourth-order valence-corrected chi connectivity index (χ4v) is 2.93. The van der Waals surface area contributed by atoms with Crippen LogP contribution in [0.2, 0.25) is 0 Å². The van der Waals surface area contributed by atoms with Crippen molar-refractivity contribution >= 4 is 17.6 Å². The van der Waals surface area contributed by atoms with Crippen LogP contribution in [0.1, 0.15) is 45.9 Å². The molecule has 0 spiro atoms. The molecule has 0 aromatic carbocycles. The number of nitrogens with zero attached hydrogens (tertiary/aromatic N) is 2. The molecular weight excluding hydrogens is 420 g/mol. The largest absolute Gasteiger partial charge is 0.479 e. The van der Waals surface area contributed by atoms with E-state index < -0.39 is 17.8 Å². The molecule has 168 valence electrons. The number of carbonyl (C=O) groups is 1. The Hall–Kier alpha value is -2.80. The Balaban J connectivity index is 1.90. The van der Waals surface area contributed by atoms with E-state index in [0.717, 1.165) is 24.8 Å². The number of allylic oxidation sites excluding steroid dienone is 9. The zero-order chi connectivity index (χ0) is 22.8. The molecule has 0 radical (unpaired) electrons. The molecule has 1 aliphatic carbocycles. The van der Waals surface area contributed by atoms with Gasteiger partial charge in [0, 0.05) is 11.8 Å². The van der Waals surface area contributed by atoms with Crippen molar-refractivity contribution in [1.29, 1.82) is 0 Å². The SMILES string of the molecule is C/C=C(\C=C/C(C)Cl)Cn1nc(CCCC2=CC=C(OC(C)C(=O)O)C=CC2)oc1=O. The van der Waals surface area contributed by atoms with Gasteiger partial charge in [-0.05, 0) is 57.8 Å². The van der Waals surface area contributed by atoms with Crippen molar-refractivity contribution in [3.63, 3.8) is 0 Å². The van der Waals surface area contributed by atoms with E-state index in [0.29, 0.717) is 24.6 Å². The lowest BCUT2D eigenvalue weighted by Gasteiger charge is -2.09. The first-order valence-corrected chi connectivity index (χ1v) is 10.7. The Morgan fingerprint density at radius 1 is 1.39 bits per heavy atom. The molecule has 7 nitrogen and oxygen atoms in total. The summed E-state index contributed by atoms with van der Waals surface area (Å²) in [5.41, 5.74) is 2.10. The summed E-state index contributed by atoms with van der Waals surface area (Å²) in [5.74, 6) is -0.549. The molecule has 2 atom stereocenters. The molecule has 1 N–H and O–H groups in total. The fraction of sp³-hybridized carbons (Fsp3) is 0.435. The number of hydrogen-bond donors (Lipinski definition) is 1. The van der Waals surface area contributed by atoms with Crippen LogP contribution in [-0.4, -0.2) is 32.3 Å². The molecular formula is C23H29ClN2O5. The number of alkyl halides is 1. The minimum Gasteiger partial charge on any atom is -0.479 e. The fourth-order valence-electron chi connectivity index (χ4n) is 2.85. The number of hydrogen-bond acceptors (Lipinski definition) is 5. The zero-order valence-corrected chi connectivity index (χ0v) is 18.8. The number of carboxylic acids is 1. The van der Waals surface area contributed by atoms with E-state index in [9.17, 15) is 9.59 Å². The maximum atomic E-state index is 12.1. The van der Waals surface area contributed by atoms with Crippen molar-refractivity contribution in [3.05, 3.63) is 75.9 Å². The van der Waals surface area contributed by atoms with Gasteiger partial charge in [0.1, 0.15) is 5.76 Å². The normalized spacial score (nSPS) is 16.6. The lowest BCUT2D eigenvalue weighted by Crippen LogP contribution is -2.18. The van der Waals surface area contributed by atoms with E-state index in [1.807, 2.05) is 44.2 Å². The first-order valence-electron chi connectivity index (χ1n) is 10.3. The van der Waals surface area contributed by atoms with Crippen molar-refractivity contribution in [2.75, 3.05) is 0 Å². The average Bonchev–Trinajstić information content (AvgIpc) is 2.91. The summed E-state index contributed by atoms with van der Waals surface area (Å²) in [6.07, 6.45) is 15.1. The molecule has 0 aliphatic heterocycles. The summed E-state index contributed by atoms with van der Waals surface area (Å²) in [7, 11) is 0. The highest BCUT2D eigenvalue weighted by Crippen LogP contribution is 2.18. The van der Waals surface area contributed by atoms with E-state index in [1.54, 1.807) is 12.2 Å². The molecule has 0 bridgehead atoms. The van der Waals surface area contributed by atoms with Gasteiger partial charge in [-0.3, -0.25) is 0 Å². The monoisotopic (exact) mass is 448 g/mol. The Morgan fingerprint density at radius 2 is 2.16 bits per heavy atom. The minimum absolute atomic E-state index is 0.0919. The Bertz CT molecular complexity index is 963. The van der Waals surface area contributed by atoms with Crippen LogP contribution >= 0.6 is 11.6 Å². The second kappa shape index (κ2) is 12.2. The summed E-state index contributed by atoms with van der Waals surface area (Å²) >= 11 is 5.93. The minimum atomic E-state index is -1.00. The maximum Gasteiger partial charge on any atom is 0.437 e. The van der Waals surface area contributed by atoms with Gasteiger partial charge in [0.25, 0.3) is 0 Å². The second-order valence-electron chi connectivity index (χ2n) is 7.27. The smallest absolute Gasteiger partial charge is 0.437 e. The molecule has 2 unspecified atom stereocenters. The standard InChI is InChI=1S/C23H29ClN2O5/c1-4-18(12-11-16(2)24)15-26-23(29)31-21(25-26)10-6-8-19-7-5-9-20(14-13-19)30-17(3)22(27)28/h4-5,9,11-14,16-17H,6-8,10,15H2,1-3H3,(H,27,28)/b12-11-,18-4+.